The summed E-state index contributed by atoms with van der Waals surface area (Å²) < 4.78 is 5.47. The number of nitrogens with one attached hydrogen (secondary N) is 1. The fourth-order valence-electron chi connectivity index (χ4n) is 3.30. The third kappa shape index (κ3) is 3.67. The summed E-state index contributed by atoms with van der Waals surface area (Å²) in [4.78, 5) is 2.54. The molecule has 3 nitrogen and oxygen atoms in total. The van der Waals surface area contributed by atoms with Gasteiger partial charge in [-0.1, -0.05) is 6.92 Å². The highest BCUT2D eigenvalue weighted by molar-refractivity contribution is 4.90. The molecule has 1 aliphatic heterocycles. The number of ether oxygens (including phenoxy) is 1. The summed E-state index contributed by atoms with van der Waals surface area (Å²) in [5, 5.41) is 3.46. The molecule has 0 radical (unpaired) electrons. The molecule has 2 atom stereocenters. The first-order valence-electron chi connectivity index (χ1n) is 7.03. The Hall–Kier alpha value is -0.120. The topological polar surface area (TPSA) is 24.5 Å². The largest absolute Gasteiger partial charge is 0.384 e. The Bertz CT molecular complexity index is 233. The van der Waals surface area contributed by atoms with Crippen molar-refractivity contribution < 1.29 is 4.74 Å². The zero-order valence-electron chi connectivity index (χ0n) is 11.7. The van der Waals surface area contributed by atoms with Gasteiger partial charge in [0.15, 0.2) is 0 Å². The molecule has 17 heavy (non-hydrogen) atoms. The summed E-state index contributed by atoms with van der Waals surface area (Å²) >= 11 is 0. The van der Waals surface area contributed by atoms with Crippen molar-refractivity contribution in [2.75, 3.05) is 46.9 Å². The summed E-state index contributed by atoms with van der Waals surface area (Å²) in [7, 11) is 4.12. The van der Waals surface area contributed by atoms with Gasteiger partial charge >= 0.3 is 0 Å². The van der Waals surface area contributed by atoms with Crippen LogP contribution in [0.15, 0.2) is 0 Å². The van der Waals surface area contributed by atoms with E-state index in [1.807, 2.05) is 7.11 Å². The molecule has 100 valence electrons. The van der Waals surface area contributed by atoms with Gasteiger partial charge in [-0.2, -0.15) is 0 Å². The van der Waals surface area contributed by atoms with Crippen LogP contribution in [-0.2, 0) is 4.74 Å². The molecule has 1 saturated carbocycles. The van der Waals surface area contributed by atoms with E-state index in [9.17, 15) is 0 Å². The lowest BCUT2D eigenvalue weighted by Crippen LogP contribution is -2.46. The average molecular weight is 240 g/mol. The standard InChI is InChI=1S/C14H28N2O/c1-12-8-13(12)9-16(2)10-14(11-17-3)4-6-15-7-5-14/h12-13,15H,4-11H2,1-3H3. The van der Waals surface area contributed by atoms with Gasteiger partial charge < -0.3 is 15.0 Å². The van der Waals surface area contributed by atoms with E-state index >= 15 is 0 Å². The molecule has 2 aliphatic rings. The van der Waals surface area contributed by atoms with Crippen molar-refractivity contribution in [3.63, 3.8) is 0 Å². The number of hydrogen-bond donors (Lipinski definition) is 1. The predicted molar refractivity (Wildman–Crippen MR) is 71.2 cm³/mol. The van der Waals surface area contributed by atoms with E-state index < -0.39 is 0 Å². The Labute approximate surface area is 106 Å². The second-order valence-corrected chi connectivity index (χ2v) is 6.35. The lowest BCUT2D eigenvalue weighted by Gasteiger charge is -2.40. The molecule has 1 N–H and O–H groups in total. The van der Waals surface area contributed by atoms with Crippen molar-refractivity contribution in [2.45, 2.75) is 26.2 Å². The molecule has 0 aromatic rings. The minimum absolute atomic E-state index is 0.396. The van der Waals surface area contributed by atoms with Crippen molar-refractivity contribution >= 4 is 0 Å². The SMILES string of the molecule is COCC1(CN(C)CC2CC2C)CCNCC1. The third-order valence-electron chi connectivity index (χ3n) is 4.54. The van der Waals surface area contributed by atoms with Crippen LogP contribution in [-0.4, -0.2) is 51.8 Å². The van der Waals surface area contributed by atoms with Gasteiger partial charge in [-0.3, -0.25) is 0 Å². The molecule has 1 heterocycles. The number of rotatable bonds is 6. The Morgan fingerprint density at radius 3 is 2.53 bits per heavy atom. The monoisotopic (exact) mass is 240 g/mol. The molecule has 0 aromatic heterocycles. The van der Waals surface area contributed by atoms with E-state index in [1.165, 1.54) is 32.4 Å². The zero-order chi connectivity index (χ0) is 12.3. The van der Waals surface area contributed by atoms with E-state index in [0.29, 0.717) is 5.41 Å². The summed E-state index contributed by atoms with van der Waals surface area (Å²) in [6, 6.07) is 0. The van der Waals surface area contributed by atoms with E-state index in [4.69, 9.17) is 4.74 Å². The van der Waals surface area contributed by atoms with Crippen molar-refractivity contribution in [1.29, 1.82) is 0 Å². The maximum Gasteiger partial charge on any atom is 0.0531 e. The van der Waals surface area contributed by atoms with E-state index in [1.54, 1.807) is 0 Å². The summed E-state index contributed by atoms with van der Waals surface area (Å²) in [5.41, 5.74) is 0.396. The molecule has 2 rings (SSSR count). The molecule has 2 fully saturated rings. The summed E-state index contributed by atoms with van der Waals surface area (Å²) in [6.07, 6.45) is 3.94. The number of methoxy groups -OCH3 is 1. The zero-order valence-corrected chi connectivity index (χ0v) is 11.7. The van der Waals surface area contributed by atoms with Gasteiger partial charge in [0, 0.05) is 25.6 Å². The van der Waals surface area contributed by atoms with Crippen LogP contribution in [0.25, 0.3) is 0 Å². The van der Waals surface area contributed by atoms with Crippen LogP contribution in [0.5, 0.6) is 0 Å². The Morgan fingerprint density at radius 2 is 2.00 bits per heavy atom. The van der Waals surface area contributed by atoms with E-state index in [2.05, 4.69) is 24.2 Å². The molecule has 2 unspecified atom stereocenters. The molecule has 0 spiro atoms. The van der Waals surface area contributed by atoms with E-state index in [0.717, 1.165) is 31.5 Å². The molecule has 0 amide bonds. The molecular formula is C14H28N2O. The molecule has 1 aliphatic carbocycles. The van der Waals surface area contributed by atoms with Gasteiger partial charge in [0.05, 0.1) is 6.61 Å². The van der Waals surface area contributed by atoms with Gasteiger partial charge in [-0.25, -0.2) is 0 Å². The lowest BCUT2D eigenvalue weighted by atomic mass is 9.79. The van der Waals surface area contributed by atoms with Crippen LogP contribution < -0.4 is 5.32 Å². The van der Waals surface area contributed by atoms with Crippen LogP contribution >= 0.6 is 0 Å². The quantitative estimate of drug-likeness (QED) is 0.763. The minimum atomic E-state index is 0.396. The second-order valence-electron chi connectivity index (χ2n) is 6.35. The highest BCUT2D eigenvalue weighted by Crippen LogP contribution is 2.39. The van der Waals surface area contributed by atoms with Gasteiger partial charge in [-0.05, 0) is 51.2 Å². The third-order valence-corrected chi connectivity index (χ3v) is 4.54. The van der Waals surface area contributed by atoms with Gasteiger partial charge in [0.2, 0.25) is 0 Å². The highest BCUT2D eigenvalue weighted by Gasteiger charge is 2.37. The van der Waals surface area contributed by atoms with Crippen LogP contribution in [0.1, 0.15) is 26.2 Å². The average Bonchev–Trinajstić information content (AvgIpc) is 2.95. The number of hydrogen-bond acceptors (Lipinski definition) is 3. The van der Waals surface area contributed by atoms with Crippen molar-refractivity contribution in [3.8, 4) is 0 Å². The van der Waals surface area contributed by atoms with Gasteiger partial charge in [-0.15, -0.1) is 0 Å². The smallest absolute Gasteiger partial charge is 0.0531 e. The molecule has 0 aromatic carbocycles. The lowest BCUT2D eigenvalue weighted by molar-refractivity contribution is 0.0274. The summed E-state index contributed by atoms with van der Waals surface area (Å²) in [6.45, 7) is 8.06. The molecule has 0 bridgehead atoms. The van der Waals surface area contributed by atoms with Crippen molar-refractivity contribution in [2.24, 2.45) is 17.3 Å². The van der Waals surface area contributed by atoms with Crippen LogP contribution in [0.3, 0.4) is 0 Å². The maximum absolute atomic E-state index is 5.47. The van der Waals surface area contributed by atoms with Crippen LogP contribution in [0, 0.1) is 17.3 Å². The van der Waals surface area contributed by atoms with Crippen molar-refractivity contribution in [3.05, 3.63) is 0 Å². The first-order valence-corrected chi connectivity index (χ1v) is 7.03. The van der Waals surface area contributed by atoms with Gasteiger partial charge in [0.1, 0.15) is 0 Å². The Balaban J connectivity index is 1.82. The fourth-order valence-corrected chi connectivity index (χ4v) is 3.30. The summed E-state index contributed by atoms with van der Waals surface area (Å²) in [5.74, 6) is 1.92. The van der Waals surface area contributed by atoms with Crippen LogP contribution in [0.2, 0.25) is 0 Å². The molecule has 1 saturated heterocycles. The molecule has 3 heteroatoms. The number of nitrogens with zero attached hydrogens (tertiary/aromatic N) is 1. The number of piperidine rings is 1. The Morgan fingerprint density at radius 1 is 1.35 bits per heavy atom. The second kappa shape index (κ2) is 5.68. The first-order chi connectivity index (χ1) is 8.15. The maximum atomic E-state index is 5.47. The van der Waals surface area contributed by atoms with Gasteiger partial charge in [0.25, 0.3) is 0 Å². The van der Waals surface area contributed by atoms with E-state index in [-0.39, 0.29) is 0 Å². The fraction of sp³-hybridized carbons (Fsp3) is 1.00. The minimum Gasteiger partial charge on any atom is -0.384 e. The van der Waals surface area contributed by atoms with Crippen LogP contribution in [0.4, 0.5) is 0 Å². The highest BCUT2D eigenvalue weighted by atomic mass is 16.5. The Kier molecular flexibility index (Phi) is 4.45. The first kappa shape index (κ1) is 13.3. The normalized spacial score (nSPS) is 31.8. The molecular weight excluding hydrogens is 212 g/mol. The predicted octanol–water partition coefficient (Wildman–Crippen LogP) is 1.59. The van der Waals surface area contributed by atoms with Crippen molar-refractivity contribution in [1.82, 2.24) is 10.2 Å².